The molecule has 4 nitrogen and oxygen atoms in total. The van der Waals surface area contributed by atoms with Gasteiger partial charge in [0.1, 0.15) is 5.78 Å². The second kappa shape index (κ2) is 9.28. The van der Waals surface area contributed by atoms with Gasteiger partial charge in [-0.1, -0.05) is 43.3 Å². The Morgan fingerprint density at radius 1 is 1.06 bits per heavy atom. The monoisotopic (exact) mass is 520 g/mol. The summed E-state index contributed by atoms with van der Waals surface area (Å²) in [4.78, 5) is 12.9. The van der Waals surface area contributed by atoms with E-state index in [1.54, 1.807) is 6.07 Å². The van der Waals surface area contributed by atoms with Crippen LogP contribution in [-0.4, -0.2) is 20.6 Å². The van der Waals surface area contributed by atoms with Gasteiger partial charge in [0.15, 0.2) is 0 Å². The molecule has 5 rings (SSSR count). The van der Waals surface area contributed by atoms with E-state index in [0.717, 1.165) is 49.7 Å². The number of fused-ring (bicyclic) bond motifs is 5. The van der Waals surface area contributed by atoms with Crippen LogP contribution in [0.4, 0.5) is 13.2 Å². The minimum absolute atomic E-state index is 0.0315. The highest BCUT2D eigenvalue weighted by Gasteiger charge is 2.56. The van der Waals surface area contributed by atoms with Crippen LogP contribution in [-0.2, 0) is 31.9 Å². The van der Waals surface area contributed by atoms with Crippen molar-refractivity contribution in [2.24, 2.45) is 23.2 Å². The van der Waals surface area contributed by atoms with Crippen molar-refractivity contribution >= 4 is 15.9 Å². The molecule has 0 bridgehead atoms. The molecular formula is C28H31F3O4S. The third-order valence-electron chi connectivity index (χ3n) is 9.08. The van der Waals surface area contributed by atoms with Crippen LogP contribution in [0.5, 0.6) is 0 Å². The minimum atomic E-state index is -5.26. The zero-order valence-corrected chi connectivity index (χ0v) is 21.1. The van der Waals surface area contributed by atoms with Crippen molar-refractivity contribution in [2.45, 2.75) is 75.5 Å². The third-order valence-corrected chi connectivity index (χ3v) is 10.3. The quantitative estimate of drug-likeness (QED) is 0.404. The first-order valence-electron chi connectivity index (χ1n) is 12.7. The maximum Gasteiger partial charge on any atom is 0.537 e. The Hall–Kier alpha value is -2.19. The van der Waals surface area contributed by atoms with E-state index in [9.17, 15) is 26.4 Å². The molecule has 0 aromatic heterocycles. The molecule has 0 amide bonds. The number of carbonyl (C=O) groups is 1. The van der Waals surface area contributed by atoms with Gasteiger partial charge >= 0.3 is 16.5 Å². The average molecular weight is 521 g/mol. The molecule has 0 aliphatic heterocycles. The Morgan fingerprint density at radius 2 is 1.81 bits per heavy atom. The predicted octanol–water partition coefficient (Wildman–Crippen LogP) is 6.59. The first-order valence-corrected chi connectivity index (χ1v) is 14.1. The van der Waals surface area contributed by atoms with Crippen molar-refractivity contribution in [1.29, 1.82) is 0 Å². The van der Waals surface area contributed by atoms with E-state index in [2.05, 4.69) is 23.2 Å². The molecule has 2 aromatic carbocycles. The highest BCUT2D eigenvalue weighted by molar-refractivity contribution is 7.86. The summed E-state index contributed by atoms with van der Waals surface area (Å²) in [5.74, 6) is 1.49. The van der Waals surface area contributed by atoms with E-state index >= 15 is 0 Å². The molecule has 8 heteroatoms. The summed E-state index contributed by atoms with van der Waals surface area (Å²) in [5, 5.41) is 0. The third kappa shape index (κ3) is 4.74. The molecule has 0 spiro atoms. The van der Waals surface area contributed by atoms with Gasteiger partial charge in [-0.3, -0.25) is 4.79 Å². The first kappa shape index (κ1) is 25.5. The van der Waals surface area contributed by atoms with Crippen LogP contribution in [0.2, 0.25) is 0 Å². The second-order valence-corrected chi connectivity index (χ2v) is 12.4. The summed E-state index contributed by atoms with van der Waals surface area (Å²) in [6.07, 6.45) is 1.29. The molecule has 0 saturated heterocycles. The largest absolute Gasteiger partial charge is 0.537 e. The lowest BCUT2D eigenvalue weighted by molar-refractivity contribution is -0.271. The number of carbonyl (C=O) groups excluding carboxylic acids is 1. The number of rotatable bonds is 6. The van der Waals surface area contributed by atoms with E-state index in [4.69, 9.17) is 0 Å². The Labute approximate surface area is 210 Å². The highest BCUT2D eigenvalue weighted by atomic mass is 32.2. The van der Waals surface area contributed by atoms with Crippen LogP contribution in [0.1, 0.15) is 68.1 Å². The van der Waals surface area contributed by atoms with Gasteiger partial charge in [-0.25, -0.2) is 0 Å². The summed E-state index contributed by atoms with van der Waals surface area (Å²) >= 11 is 0. The molecule has 0 heterocycles. The van der Waals surface area contributed by atoms with Gasteiger partial charge in [-0.15, -0.1) is 13.2 Å². The molecule has 3 aliphatic carbocycles. The van der Waals surface area contributed by atoms with Crippen molar-refractivity contribution in [3.8, 4) is 0 Å². The van der Waals surface area contributed by atoms with Crippen LogP contribution >= 0.6 is 0 Å². The molecule has 2 saturated carbocycles. The number of hydrogen-bond donors (Lipinski definition) is 0. The van der Waals surface area contributed by atoms with Crippen molar-refractivity contribution < 1.29 is 30.6 Å². The molecule has 0 N–H and O–H groups in total. The van der Waals surface area contributed by atoms with E-state index in [-0.39, 0.29) is 17.3 Å². The Balaban J connectivity index is 1.31. The number of aryl methyl sites for hydroxylation is 2. The Kier molecular flexibility index (Phi) is 6.56. The van der Waals surface area contributed by atoms with Crippen LogP contribution in [0.3, 0.4) is 0 Å². The summed E-state index contributed by atoms with van der Waals surface area (Å²) in [7, 11) is -4.91. The van der Waals surface area contributed by atoms with Crippen molar-refractivity contribution in [2.75, 3.05) is 0 Å². The summed E-state index contributed by atoms with van der Waals surface area (Å²) in [6.45, 7) is 2.28. The predicted molar refractivity (Wildman–Crippen MR) is 129 cm³/mol. The average Bonchev–Trinajstić information content (AvgIpc) is 3.18. The van der Waals surface area contributed by atoms with Crippen LogP contribution < -0.4 is 0 Å². The smallest absolute Gasteiger partial charge is 0.299 e. The number of alkyl halides is 3. The van der Waals surface area contributed by atoms with Crippen molar-refractivity contribution in [3.05, 3.63) is 65.2 Å². The van der Waals surface area contributed by atoms with Gasteiger partial charge < -0.3 is 0 Å². The number of halogens is 3. The van der Waals surface area contributed by atoms with E-state index in [0.29, 0.717) is 30.5 Å². The maximum absolute atomic E-state index is 13.3. The van der Waals surface area contributed by atoms with Gasteiger partial charge in [0, 0.05) is 12.3 Å². The number of hydrogen-bond acceptors (Lipinski definition) is 4. The number of benzene rings is 2. The summed E-state index contributed by atoms with van der Waals surface area (Å²) in [5.41, 5.74) is 2.98. The fraction of sp³-hybridized carbons (Fsp3) is 0.536. The van der Waals surface area contributed by atoms with Crippen molar-refractivity contribution in [3.63, 3.8) is 0 Å². The number of Topliss-reactive ketones (excluding diaryl/α,β-unsaturated/α-hetero) is 1. The van der Waals surface area contributed by atoms with Gasteiger partial charge in [-0.2, -0.15) is 12.6 Å². The SMILES string of the molecule is C[C@]12CC[C@@H]3c4ccc(S(=O)(=O)OC(F)(F)F)cc4CC[C@H]3[C@@H]1CC[C@@H]2C(=O)CCc1ccccc1. The summed E-state index contributed by atoms with van der Waals surface area (Å²) < 4.78 is 65.2. The zero-order chi connectivity index (χ0) is 25.7. The molecule has 0 radical (unpaired) electrons. The number of ketones is 1. The fourth-order valence-corrected chi connectivity index (χ4v) is 8.37. The van der Waals surface area contributed by atoms with Crippen LogP contribution in [0, 0.1) is 23.2 Å². The van der Waals surface area contributed by atoms with Gasteiger partial charge in [0.2, 0.25) is 0 Å². The summed E-state index contributed by atoms with van der Waals surface area (Å²) in [6, 6.07) is 14.4. The second-order valence-electron chi connectivity index (χ2n) is 10.9. The van der Waals surface area contributed by atoms with Crippen molar-refractivity contribution in [1.82, 2.24) is 0 Å². The molecule has 5 atom stereocenters. The normalized spacial score (nSPS) is 29.8. The molecule has 3 aliphatic rings. The molecule has 0 unspecified atom stereocenters. The lowest BCUT2D eigenvalue weighted by atomic mass is 9.54. The topological polar surface area (TPSA) is 60.4 Å². The molecule has 194 valence electrons. The zero-order valence-electron chi connectivity index (χ0n) is 20.3. The van der Waals surface area contributed by atoms with E-state index in [1.807, 2.05) is 18.2 Å². The van der Waals surface area contributed by atoms with E-state index in [1.165, 1.54) is 17.7 Å². The van der Waals surface area contributed by atoms with Crippen LogP contribution in [0.15, 0.2) is 53.4 Å². The molecule has 2 aromatic rings. The van der Waals surface area contributed by atoms with Gasteiger partial charge in [0.05, 0.1) is 4.90 Å². The fourth-order valence-electron chi connectivity index (χ4n) is 7.50. The van der Waals surface area contributed by atoms with Gasteiger partial charge in [0.25, 0.3) is 0 Å². The maximum atomic E-state index is 13.3. The Morgan fingerprint density at radius 3 is 2.53 bits per heavy atom. The molecule has 2 fully saturated rings. The van der Waals surface area contributed by atoms with E-state index < -0.39 is 21.4 Å². The molecular weight excluding hydrogens is 489 g/mol. The standard InChI is InChI=1S/C28H31F3O4S/c1-27-16-15-22-21-11-9-20(36(33,34)35-28(29,30)31)17-19(21)8-10-23(22)24(27)12-13-25(27)26(32)14-7-18-5-3-2-4-6-18/h2-6,9,11,17,22-25H,7-8,10,12-16H2,1H3/t22-,23-,24+,25-,27+/m1/s1. The molecule has 36 heavy (non-hydrogen) atoms. The minimum Gasteiger partial charge on any atom is -0.299 e. The Bertz CT molecular complexity index is 1240. The van der Waals surface area contributed by atoms with Crippen LogP contribution in [0.25, 0.3) is 0 Å². The lowest BCUT2D eigenvalue weighted by Crippen LogP contribution is -2.44. The van der Waals surface area contributed by atoms with Gasteiger partial charge in [-0.05, 0) is 96.9 Å². The first-order chi connectivity index (χ1) is 17.0. The highest BCUT2D eigenvalue weighted by Crippen LogP contribution is 2.63. The lowest BCUT2D eigenvalue weighted by Gasteiger charge is -2.50.